The van der Waals surface area contributed by atoms with Crippen LogP contribution in [-0.4, -0.2) is 60.4 Å². The molecule has 2 amide bonds. The summed E-state index contributed by atoms with van der Waals surface area (Å²) in [4.78, 5) is 31.4. The van der Waals surface area contributed by atoms with Crippen LogP contribution in [0.4, 0.5) is 17.2 Å². The number of carbonyl (C=O) groups excluding carboxylic acids is 2. The predicted molar refractivity (Wildman–Crippen MR) is 167 cm³/mol. The van der Waals surface area contributed by atoms with Crippen LogP contribution in [0.25, 0.3) is 10.1 Å². The molecule has 3 aromatic carbocycles. The van der Waals surface area contributed by atoms with Crippen molar-refractivity contribution in [2.45, 2.75) is 25.7 Å². The third-order valence-corrected chi connectivity index (χ3v) is 9.93. The molecule has 4 aromatic rings. The van der Waals surface area contributed by atoms with Crippen molar-refractivity contribution in [3.05, 3.63) is 80.8 Å². The van der Waals surface area contributed by atoms with Crippen LogP contribution >= 0.6 is 34.7 Å². The van der Waals surface area contributed by atoms with Crippen LogP contribution in [0.1, 0.15) is 22.3 Å². The Labute approximate surface area is 252 Å². The van der Waals surface area contributed by atoms with Crippen molar-refractivity contribution >= 4 is 73.8 Å². The van der Waals surface area contributed by atoms with Crippen molar-refractivity contribution < 1.29 is 9.59 Å². The summed E-state index contributed by atoms with van der Waals surface area (Å²) >= 11 is 14.8. The van der Waals surface area contributed by atoms with Gasteiger partial charge in [0, 0.05) is 66.1 Å². The smallest absolute Gasteiger partial charge is 0.231 e. The molecule has 1 aromatic heterocycles. The Hall–Kier alpha value is -3.17. The molecule has 0 unspecified atom stereocenters. The number of piperazine rings is 1. The minimum Gasteiger partial charge on any atom is -0.353 e. The first-order valence-corrected chi connectivity index (χ1v) is 15.5. The van der Waals surface area contributed by atoms with Crippen LogP contribution in [0.3, 0.4) is 0 Å². The van der Waals surface area contributed by atoms with Gasteiger partial charge < -0.3 is 15.1 Å². The lowest BCUT2D eigenvalue weighted by molar-refractivity contribution is -0.117. The van der Waals surface area contributed by atoms with Crippen molar-refractivity contribution in [3.8, 4) is 0 Å². The number of carbonyl (C=O) groups is 2. The second-order valence-corrected chi connectivity index (χ2v) is 12.6. The molecule has 4 heterocycles. The van der Waals surface area contributed by atoms with Crippen LogP contribution in [0, 0.1) is 0 Å². The van der Waals surface area contributed by atoms with Crippen LogP contribution in [0.5, 0.6) is 0 Å². The summed E-state index contributed by atoms with van der Waals surface area (Å²) in [5.41, 5.74) is 5.68. The van der Waals surface area contributed by atoms with Gasteiger partial charge in [-0.05, 0) is 70.9 Å². The van der Waals surface area contributed by atoms with E-state index >= 15 is 0 Å². The number of nitrogens with zero attached hydrogens (tertiary/aromatic N) is 4. The van der Waals surface area contributed by atoms with Crippen molar-refractivity contribution in [1.82, 2.24) is 9.27 Å². The highest BCUT2D eigenvalue weighted by Gasteiger charge is 2.29. The zero-order valence-corrected chi connectivity index (χ0v) is 24.8. The van der Waals surface area contributed by atoms with Gasteiger partial charge in [-0.2, -0.15) is 4.37 Å². The number of hydrogen-bond donors (Lipinski definition) is 1. The molecule has 41 heavy (non-hydrogen) atoms. The maximum absolute atomic E-state index is 13.0. The van der Waals surface area contributed by atoms with E-state index in [0.717, 1.165) is 78.6 Å². The number of rotatable bonds is 7. The number of hydrogen-bond acceptors (Lipinski definition) is 6. The zero-order chi connectivity index (χ0) is 28.1. The number of amides is 2. The van der Waals surface area contributed by atoms with E-state index < -0.39 is 0 Å². The Bertz CT molecular complexity index is 1680. The normalized spacial score (nSPS) is 16.9. The summed E-state index contributed by atoms with van der Waals surface area (Å²) < 4.78 is 5.96. The molecule has 7 nitrogen and oxygen atoms in total. The van der Waals surface area contributed by atoms with Crippen molar-refractivity contribution in [2.75, 3.05) is 54.4 Å². The molecule has 10 heteroatoms. The monoisotopic (exact) mass is 605 g/mol. The molecule has 0 saturated carbocycles. The molecule has 0 atom stereocenters. The van der Waals surface area contributed by atoms with E-state index in [2.05, 4.69) is 45.4 Å². The first-order valence-electron chi connectivity index (χ1n) is 14.0. The number of aromatic nitrogens is 1. The lowest BCUT2D eigenvalue weighted by Gasteiger charge is -2.35. The van der Waals surface area contributed by atoms with Gasteiger partial charge >= 0.3 is 0 Å². The first kappa shape index (κ1) is 26.7. The highest BCUT2D eigenvalue weighted by atomic mass is 35.5. The van der Waals surface area contributed by atoms with E-state index in [1.807, 2.05) is 17.0 Å². The summed E-state index contributed by atoms with van der Waals surface area (Å²) in [6.07, 6.45) is 2.20. The molecule has 1 saturated heterocycles. The molecule has 210 valence electrons. The third-order valence-electron chi connectivity index (χ3n) is 8.41. The number of nitrogens with one attached hydrogen (secondary N) is 1. The van der Waals surface area contributed by atoms with E-state index in [9.17, 15) is 9.59 Å². The van der Waals surface area contributed by atoms with E-state index in [1.54, 1.807) is 17.6 Å². The molecule has 0 bridgehead atoms. The molecule has 7 rings (SSSR count). The van der Waals surface area contributed by atoms with E-state index in [1.165, 1.54) is 10.1 Å². The number of benzene rings is 3. The quantitative estimate of drug-likeness (QED) is 0.297. The third kappa shape index (κ3) is 5.18. The minimum atomic E-state index is -0.0195. The van der Waals surface area contributed by atoms with Crippen molar-refractivity contribution in [1.29, 1.82) is 0 Å². The Morgan fingerprint density at radius 1 is 0.854 bits per heavy atom. The Morgan fingerprint density at radius 2 is 1.59 bits per heavy atom. The molecule has 0 spiro atoms. The molecule has 0 radical (unpaired) electrons. The fourth-order valence-corrected chi connectivity index (χ4v) is 7.47. The highest BCUT2D eigenvalue weighted by molar-refractivity contribution is 7.13. The van der Waals surface area contributed by atoms with Crippen molar-refractivity contribution in [3.63, 3.8) is 0 Å². The number of anilines is 3. The van der Waals surface area contributed by atoms with Crippen LogP contribution in [0.15, 0.2) is 48.5 Å². The maximum atomic E-state index is 13.0. The molecule has 1 fully saturated rings. The molecule has 3 aliphatic rings. The largest absolute Gasteiger partial charge is 0.353 e. The van der Waals surface area contributed by atoms with Gasteiger partial charge in [-0.1, -0.05) is 47.5 Å². The van der Waals surface area contributed by atoms with Gasteiger partial charge in [-0.15, -0.1) is 0 Å². The number of halogens is 2. The SMILES string of the molecule is O=C1Cc2cc(CCN3C(=O)Cc4cc(CCN5CCN(c6nsc7ccccc67)CC5)c(Cl)cc43)c(Cl)cc2N1. The number of fused-ring (bicyclic) bond motifs is 3. The maximum Gasteiger partial charge on any atom is 0.231 e. The topological polar surface area (TPSA) is 68.8 Å². The summed E-state index contributed by atoms with van der Waals surface area (Å²) in [6.45, 7) is 5.31. The standard InChI is InChI=1S/C31H29Cl2N5O2S/c32-24-17-26-21(15-29(39)34-26)13-20(24)6-8-38-27-18-25(33)19(14-22(27)16-30(38)40)5-7-36-9-11-37(12-10-36)31-23-3-1-2-4-28(23)41-35-31/h1-4,13-14,17-18H,5-12,15-16H2,(H,34,39). The lowest BCUT2D eigenvalue weighted by Crippen LogP contribution is -2.47. The summed E-state index contributed by atoms with van der Waals surface area (Å²) in [6, 6.07) is 16.3. The zero-order valence-electron chi connectivity index (χ0n) is 22.5. The van der Waals surface area contributed by atoms with Gasteiger partial charge in [-0.25, -0.2) is 0 Å². The lowest BCUT2D eigenvalue weighted by atomic mass is 10.0. The molecular formula is C31H29Cl2N5O2S. The van der Waals surface area contributed by atoms with Gasteiger partial charge in [0.1, 0.15) is 5.82 Å². The summed E-state index contributed by atoms with van der Waals surface area (Å²) in [7, 11) is 0. The first-order chi connectivity index (χ1) is 19.9. The Balaban J connectivity index is 0.973. The second kappa shape index (κ2) is 10.9. The summed E-state index contributed by atoms with van der Waals surface area (Å²) in [5, 5.41) is 5.38. The van der Waals surface area contributed by atoms with Crippen LogP contribution in [0.2, 0.25) is 10.0 Å². The minimum absolute atomic E-state index is 0.0195. The highest BCUT2D eigenvalue weighted by Crippen LogP contribution is 2.36. The fourth-order valence-electron chi connectivity index (χ4n) is 6.17. The van der Waals surface area contributed by atoms with Gasteiger partial charge in [0.15, 0.2) is 0 Å². The molecule has 0 aliphatic carbocycles. The Kier molecular flexibility index (Phi) is 7.11. The van der Waals surface area contributed by atoms with Crippen LogP contribution < -0.4 is 15.1 Å². The average molecular weight is 607 g/mol. The van der Waals surface area contributed by atoms with Crippen molar-refractivity contribution in [2.24, 2.45) is 0 Å². The Morgan fingerprint density at radius 3 is 2.41 bits per heavy atom. The van der Waals surface area contributed by atoms with E-state index in [-0.39, 0.29) is 11.8 Å². The fraction of sp³-hybridized carbons (Fsp3) is 0.323. The predicted octanol–water partition coefficient (Wildman–Crippen LogP) is 5.59. The van der Waals surface area contributed by atoms with Crippen LogP contribution in [-0.2, 0) is 35.3 Å². The van der Waals surface area contributed by atoms with Gasteiger partial charge in [0.05, 0.1) is 17.5 Å². The second-order valence-electron chi connectivity index (χ2n) is 11.0. The molecular weight excluding hydrogens is 577 g/mol. The molecule has 1 N–H and O–H groups in total. The van der Waals surface area contributed by atoms with Gasteiger partial charge in [0.2, 0.25) is 11.8 Å². The van der Waals surface area contributed by atoms with E-state index in [4.69, 9.17) is 27.6 Å². The summed E-state index contributed by atoms with van der Waals surface area (Å²) in [5.74, 6) is 1.16. The van der Waals surface area contributed by atoms with Gasteiger partial charge in [0.25, 0.3) is 0 Å². The average Bonchev–Trinajstić information content (AvgIpc) is 3.64. The molecule has 3 aliphatic heterocycles. The van der Waals surface area contributed by atoms with E-state index in [0.29, 0.717) is 35.9 Å². The van der Waals surface area contributed by atoms with Gasteiger partial charge in [-0.3, -0.25) is 14.5 Å².